The van der Waals surface area contributed by atoms with E-state index in [4.69, 9.17) is 0 Å². The number of likely N-dealkylation sites (tertiary alicyclic amines) is 2. The van der Waals surface area contributed by atoms with Gasteiger partial charge in [0.05, 0.1) is 0 Å². The van der Waals surface area contributed by atoms with Crippen molar-refractivity contribution in [2.75, 3.05) is 19.6 Å². The second-order valence-electron chi connectivity index (χ2n) is 7.26. The average molecular weight is 343 g/mol. The van der Waals surface area contributed by atoms with Crippen LogP contribution in [0.15, 0.2) is 24.4 Å². The molecule has 1 aromatic heterocycles. The molecule has 0 bridgehead atoms. The third-order valence-corrected chi connectivity index (χ3v) is 5.57. The molecule has 5 nitrogen and oxygen atoms in total. The SMILES string of the molecule is CCCCN1C(=O)CC[C@H]2CN(C(=O)CCc3ccccn3)CC[C@H]21. The minimum Gasteiger partial charge on any atom is -0.342 e. The van der Waals surface area contributed by atoms with E-state index in [9.17, 15) is 9.59 Å². The van der Waals surface area contributed by atoms with Gasteiger partial charge in [0, 0.05) is 50.4 Å². The van der Waals surface area contributed by atoms with Gasteiger partial charge in [0.15, 0.2) is 0 Å². The van der Waals surface area contributed by atoms with Crippen LogP contribution in [-0.4, -0.2) is 52.3 Å². The summed E-state index contributed by atoms with van der Waals surface area (Å²) in [4.78, 5) is 33.3. The lowest BCUT2D eigenvalue weighted by molar-refractivity contribution is -0.144. The number of unbranched alkanes of at least 4 members (excludes halogenated alkanes) is 1. The van der Waals surface area contributed by atoms with Crippen LogP contribution in [0, 0.1) is 5.92 Å². The number of piperidine rings is 2. The van der Waals surface area contributed by atoms with Crippen LogP contribution >= 0.6 is 0 Å². The predicted molar refractivity (Wildman–Crippen MR) is 96.9 cm³/mol. The van der Waals surface area contributed by atoms with Crippen molar-refractivity contribution in [1.82, 2.24) is 14.8 Å². The highest BCUT2D eigenvalue weighted by Gasteiger charge is 2.39. The number of amides is 2. The topological polar surface area (TPSA) is 53.5 Å². The second kappa shape index (κ2) is 8.45. The third kappa shape index (κ3) is 4.39. The van der Waals surface area contributed by atoms with Crippen molar-refractivity contribution >= 4 is 11.8 Å². The first-order valence-electron chi connectivity index (χ1n) is 9.66. The van der Waals surface area contributed by atoms with Crippen molar-refractivity contribution in [2.45, 2.75) is 57.9 Å². The quantitative estimate of drug-likeness (QED) is 0.798. The predicted octanol–water partition coefficient (Wildman–Crippen LogP) is 2.65. The Morgan fingerprint density at radius 3 is 2.96 bits per heavy atom. The number of carbonyl (C=O) groups is 2. The molecular weight excluding hydrogens is 314 g/mol. The van der Waals surface area contributed by atoms with E-state index in [1.54, 1.807) is 6.20 Å². The number of fused-ring (bicyclic) bond motifs is 1. The molecule has 0 saturated carbocycles. The summed E-state index contributed by atoms with van der Waals surface area (Å²) < 4.78 is 0. The lowest BCUT2D eigenvalue weighted by atomic mass is 9.83. The van der Waals surface area contributed by atoms with E-state index < -0.39 is 0 Å². The Balaban J connectivity index is 1.53. The smallest absolute Gasteiger partial charge is 0.222 e. The fourth-order valence-corrected chi connectivity index (χ4v) is 4.14. The molecule has 136 valence electrons. The summed E-state index contributed by atoms with van der Waals surface area (Å²) >= 11 is 0. The Hall–Kier alpha value is -1.91. The van der Waals surface area contributed by atoms with Gasteiger partial charge in [-0.15, -0.1) is 0 Å². The zero-order valence-corrected chi connectivity index (χ0v) is 15.2. The standard InChI is InChI=1S/C20H29N3O2/c1-2-3-13-23-18-11-14-22(15-16(18)7-9-20(23)25)19(24)10-8-17-6-4-5-12-21-17/h4-6,12,16,18H,2-3,7-11,13-15H2,1H3/t16-,18+/m0/s1. The highest BCUT2D eigenvalue weighted by molar-refractivity contribution is 5.78. The van der Waals surface area contributed by atoms with Crippen LogP contribution in [0.2, 0.25) is 0 Å². The van der Waals surface area contributed by atoms with Crippen LogP contribution in [-0.2, 0) is 16.0 Å². The number of rotatable bonds is 6. The Morgan fingerprint density at radius 1 is 1.32 bits per heavy atom. The van der Waals surface area contributed by atoms with Gasteiger partial charge in [-0.1, -0.05) is 19.4 Å². The van der Waals surface area contributed by atoms with Crippen LogP contribution in [0.3, 0.4) is 0 Å². The largest absolute Gasteiger partial charge is 0.342 e. The van der Waals surface area contributed by atoms with Crippen LogP contribution in [0.5, 0.6) is 0 Å². The van der Waals surface area contributed by atoms with Gasteiger partial charge in [-0.3, -0.25) is 14.6 Å². The molecule has 2 amide bonds. The first-order chi connectivity index (χ1) is 12.2. The number of hydrogen-bond donors (Lipinski definition) is 0. The van der Waals surface area contributed by atoms with E-state index in [0.717, 1.165) is 51.0 Å². The molecule has 0 spiro atoms. The van der Waals surface area contributed by atoms with Crippen molar-refractivity contribution < 1.29 is 9.59 Å². The molecule has 5 heteroatoms. The van der Waals surface area contributed by atoms with Gasteiger partial charge in [0.2, 0.25) is 11.8 Å². The lowest BCUT2D eigenvalue weighted by Crippen LogP contribution is -2.57. The van der Waals surface area contributed by atoms with E-state index in [2.05, 4.69) is 16.8 Å². The van der Waals surface area contributed by atoms with Crippen molar-refractivity contribution in [2.24, 2.45) is 5.92 Å². The van der Waals surface area contributed by atoms with Gasteiger partial charge in [-0.25, -0.2) is 0 Å². The summed E-state index contributed by atoms with van der Waals surface area (Å²) in [6.07, 6.45) is 7.67. The molecule has 0 aromatic carbocycles. The molecular formula is C20H29N3O2. The van der Waals surface area contributed by atoms with Gasteiger partial charge in [0.25, 0.3) is 0 Å². The first-order valence-corrected chi connectivity index (χ1v) is 9.66. The van der Waals surface area contributed by atoms with Gasteiger partial charge in [-0.2, -0.15) is 0 Å². The number of hydrogen-bond acceptors (Lipinski definition) is 3. The van der Waals surface area contributed by atoms with Gasteiger partial charge < -0.3 is 9.80 Å². The molecule has 2 atom stereocenters. The maximum atomic E-state index is 12.6. The Kier molecular flexibility index (Phi) is 6.05. The van der Waals surface area contributed by atoms with E-state index in [1.165, 1.54) is 0 Å². The number of aryl methyl sites for hydroxylation is 1. The molecule has 3 heterocycles. The van der Waals surface area contributed by atoms with Crippen LogP contribution in [0.1, 0.15) is 51.1 Å². The van der Waals surface area contributed by atoms with E-state index >= 15 is 0 Å². The minimum atomic E-state index is 0.223. The highest BCUT2D eigenvalue weighted by atomic mass is 16.2. The summed E-state index contributed by atoms with van der Waals surface area (Å²) in [7, 11) is 0. The molecule has 1 aromatic rings. The zero-order valence-electron chi connectivity index (χ0n) is 15.2. The molecule has 25 heavy (non-hydrogen) atoms. The maximum Gasteiger partial charge on any atom is 0.222 e. The van der Waals surface area contributed by atoms with Crippen molar-refractivity contribution in [3.8, 4) is 0 Å². The monoisotopic (exact) mass is 343 g/mol. The van der Waals surface area contributed by atoms with Crippen molar-refractivity contribution in [3.05, 3.63) is 30.1 Å². The Morgan fingerprint density at radius 2 is 2.20 bits per heavy atom. The van der Waals surface area contributed by atoms with Gasteiger partial charge in [-0.05, 0) is 43.7 Å². The normalized spacial score (nSPS) is 23.5. The second-order valence-corrected chi connectivity index (χ2v) is 7.26. The maximum absolute atomic E-state index is 12.6. The van der Waals surface area contributed by atoms with Crippen LogP contribution in [0.4, 0.5) is 0 Å². The first kappa shape index (κ1) is 17.9. The molecule has 3 rings (SSSR count). The van der Waals surface area contributed by atoms with Crippen LogP contribution in [0.25, 0.3) is 0 Å². The summed E-state index contributed by atoms with van der Waals surface area (Å²) in [6.45, 7) is 4.62. The molecule has 2 saturated heterocycles. The molecule has 2 fully saturated rings. The highest BCUT2D eigenvalue weighted by Crippen LogP contribution is 2.31. The average Bonchev–Trinajstić information content (AvgIpc) is 2.66. The van der Waals surface area contributed by atoms with E-state index in [1.807, 2.05) is 23.1 Å². The zero-order chi connectivity index (χ0) is 17.6. The molecule has 0 radical (unpaired) electrons. The summed E-state index contributed by atoms with van der Waals surface area (Å²) in [6, 6.07) is 6.16. The fourth-order valence-electron chi connectivity index (χ4n) is 4.14. The third-order valence-electron chi connectivity index (χ3n) is 5.57. The van der Waals surface area contributed by atoms with Gasteiger partial charge >= 0.3 is 0 Å². The lowest BCUT2D eigenvalue weighted by Gasteiger charge is -2.47. The number of pyridine rings is 1. The number of carbonyl (C=O) groups excluding carboxylic acids is 2. The summed E-state index contributed by atoms with van der Waals surface area (Å²) in [5.74, 6) is 0.979. The van der Waals surface area contributed by atoms with Crippen molar-refractivity contribution in [3.63, 3.8) is 0 Å². The fraction of sp³-hybridized carbons (Fsp3) is 0.650. The molecule has 0 aliphatic carbocycles. The molecule has 2 aliphatic heterocycles. The molecule has 2 aliphatic rings. The number of nitrogens with zero attached hydrogens (tertiary/aromatic N) is 3. The summed E-state index contributed by atoms with van der Waals surface area (Å²) in [5.41, 5.74) is 0.972. The van der Waals surface area contributed by atoms with Crippen molar-refractivity contribution in [1.29, 1.82) is 0 Å². The Labute approximate surface area is 150 Å². The number of aromatic nitrogens is 1. The van der Waals surface area contributed by atoms with Gasteiger partial charge in [0.1, 0.15) is 0 Å². The van der Waals surface area contributed by atoms with E-state index in [-0.39, 0.29) is 5.91 Å². The van der Waals surface area contributed by atoms with E-state index in [0.29, 0.717) is 37.1 Å². The van der Waals surface area contributed by atoms with Crippen LogP contribution < -0.4 is 0 Å². The summed E-state index contributed by atoms with van der Waals surface area (Å²) in [5, 5.41) is 0. The minimum absolute atomic E-state index is 0.223. The molecule has 0 N–H and O–H groups in total. The molecule has 0 unspecified atom stereocenters. The Bertz CT molecular complexity index is 590.